The molecule has 1 fully saturated rings. The predicted molar refractivity (Wildman–Crippen MR) is 97.4 cm³/mol. The van der Waals surface area contributed by atoms with Crippen molar-refractivity contribution in [3.05, 3.63) is 36.3 Å². The van der Waals surface area contributed by atoms with Crippen LogP contribution in [-0.2, 0) is 11.3 Å². The number of hydrogen-bond acceptors (Lipinski definition) is 8. The molecule has 1 N–H and O–H groups in total. The van der Waals surface area contributed by atoms with Crippen LogP contribution in [0.5, 0.6) is 0 Å². The van der Waals surface area contributed by atoms with E-state index in [2.05, 4.69) is 30.2 Å². The SMILES string of the molecule is O=C(O)Cn1nnc(-c2cnc(N3CCN(c4cccc(F)c4)CC3)s2)n1. The molecule has 9 nitrogen and oxygen atoms in total. The topological polar surface area (TPSA) is 100 Å². The zero-order valence-electron chi connectivity index (χ0n) is 14.2. The Balaban J connectivity index is 1.41. The van der Waals surface area contributed by atoms with Crippen LogP contribution in [0, 0.1) is 5.82 Å². The molecule has 1 aliphatic heterocycles. The summed E-state index contributed by atoms with van der Waals surface area (Å²) in [7, 11) is 0. The Morgan fingerprint density at radius 2 is 2.00 bits per heavy atom. The first-order valence-electron chi connectivity index (χ1n) is 8.30. The molecular weight excluding hydrogens is 373 g/mol. The molecule has 1 aromatic carbocycles. The highest BCUT2D eigenvalue weighted by atomic mass is 32.1. The zero-order valence-corrected chi connectivity index (χ0v) is 15.0. The number of hydrogen-bond donors (Lipinski definition) is 1. The lowest BCUT2D eigenvalue weighted by atomic mass is 10.2. The van der Waals surface area contributed by atoms with Gasteiger partial charge >= 0.3 is 5.97 Å². The first kappa shape index (κ1) is 17.3. The molecule has 0 saturated carbocycles. The number of carboxylic acid groups (broad SMARTS) is 1. The molecule has 0 amide bonds. The van der Waals surface area contributed by atoms with Gasteiger partial charge in [0.1, 0.15) is 5.82 Å². The lowest BCUT2D eigenvalue weighted by molar-refractivity contribution is -0.138. The van der Waals surface area contributed by atoms with Crippen LogP contribution in [0.15, 0.2) is 30.5 Å². The minimum Gasteiger partial charge on any atom is -0.480 e. The van der Waals surface area contributed by atoms with Crippen molar-refractivity contribution < 1.29 is 14.3 Å². The van der Waals surface area contributed by atoms with E-state index >= 15 is 0 Å². The third-order valence-electron chi connectivity index (χ3n) is 4.17. The number of tetrazole rings is 1. The molecular formula is C16H16FN7O2S. The molecule has 0 atom stereocenters. The van der Waals surface area contributed by atoms with Gasteiger partial charge < -0.3 is 14.9 Å². The molecule has 0 bridgehead atoms. The first-order valence-corrected chi connectivity index (χ1v) is 9.11. The van der Waals surface area contributed by atoms with Gasteiger partial charge in [-0.05, 0) is 23.4 Å². The first-order chi connectivity index (χ1) is 13.1. The van der Waals surface area contributed by atoms with Crippen LogP contribution in [0.25, 0.3) is 10.7 Å². The van der Waals surface area contributed by atoms with Crippen LogP contribution in [0.2, 0.25) is 0 Å². The van der Waals surface area contributed by atoms with Gasteiger partial charge in [-0.25, -0.2) is 9.37 Å². The molecule has 3 aromatic rings. The van der Waals surface area contributed by atoms with Gasteiger partial charge in [-0.2, -0.15) is 4.80 Å². The Bertz CT molecular complexity index is 952. The normalized spacial score (nSPS) is 14.6. The summed E-state index contributed by atoms with van der Waals surface area (Å²) in [6.07, 6.45) is 1.67. The van der Waals surface area contributed by atoms with Crippen molar-refractivity contribution in [2.24, 2.45) is 0 Å². The van der Waals surface area contributed by atoms with E-state index in [1.165, 1.54) is 17.4 Å². The molecule has 4 rings (SSSR count). The number of aliphatic carboxylic acids is 1. The van der Waals surface area contributed by atoms with Crippen LogP contribution in [0.3, 0.4) is 0 Å². The smallest absolute Gasteiger partial charge is 0.327 e. The van der Waals surface area contributed by atoms with Gasteiger partial charge in [0.25, 0.3) is 0 Å². The lowest BCUT2D eigenvalue weighted by Gasteiger charge is -2.36. The van der Waals surface area contributed by atoms with E-state index in [4.69, 9.17) is 5.11 Å². The van der Waals surface area contributed by atoms with Crippen LogP contribution >= 0.6 is 11.3 Å². The van der Waals surface area contributed by atoms with Gasteiger partial charge in [0.2, 0.25) is 5.82 Å². The Morgan fingerprint density at radius 3 is 2.74 bits per heavy atom. The number of nitrogens with zero attached hydrogens (tertiary/aromatic N) is 7. The van der Waals surface area contributed by atoms with Crippen molar-refractivity contribution in [1.29, 1.82) is 0 Å². The molecule has 2 aromatic heterocycles. The lowest BCUT2D eigenvalue weighted by Crippen LogP contribution is -2.46. The number of piperazine rings is 1. The summed E-state index contributed by atoms with van der Waals surface area (Å²) < 4.78 is 13.4. The summed E-state index contributed by atoms with van der Waals surface area (Å²) in [6.45, 7) is 2.74. The van der Waals surface area contributed by atoms with Crippen molar-refractivity contribution in [3.8, 4) is 10.7 Å². The zero-order chi connectivity index (χ0) is 18.8. The van der Waals surface area contributed by atoms with Crippen LogP contribution in [0.4, 0.5) is 15.2 Å². The van der Waals surface area contributed by atoms with Crippen LogP contribution in [-0.4, -0.2) is 62.4 Å². The van der Waals surface area contributed by atoms with E-state index in [9.17, 15) is 9.18 Å². The van der Waals surface area contributed by atoms with E-state index in [1.807, 2.05) is 6.07 Å². The van der Waals surface area contributed by atoms with Gasteiger partial charge in [0, 0.05) is 31.9 Å². The number of anilines is 2. The fourth-order valence-electron chi connectivity index (χ4n) is 2.87. The molecule has 0 spiro atoms. The highest BCUT2D eigenvalue weighted by molar-refractivity contribution is 7.18. The second-order valence-corrected chi connectivity index (χ2v) is 7.01. The molecule has 3 heterocycles. The summed E-state index contributed by atoms with van der Waals surface area (Å²) in [6, 6.07) is 6.61. The van der Waals surface area contributed by atoms with E-state index in [0.717, 1.165) is 46.7 Å². The quantitative estimate of drug-likeness (QED) is 0.698. The van der Waals surface area contributed by atoms with Gasteiger partial charge in [-0.3, -0.25) is 4.79 Å². The molecule has 140 valence electrons. The monoisotopic (exact) mass is 389 g/mol. The predicted octanol–water partition coefficient (Wildman–Crippen LogP) is 1.35. The summed E-state index contributed by atoms with van der Waals surface area (Å²) in [4.78, 5) is 21.2. The maximum Gasteiger partial charge on any atom is 0.327 e. The average molecular weight is 389 g/mol. The van der Waals surface area contributed by atoms with Crippen LogP contribution in [0.1, 0.15) is 0 Å². The molecule has 1 saturated heterocycles. The van der Waals surface area contributed by atoms with Crippen molar-refractivity contribution in [2.45, 2.75) is 6.54 Å². The fraction of sp³-hybridized carbons (Fsp3) is 0.312. The summed E-state index contributed by atoms with van der Waals surface area (Å²) in [5.74, 6) is -0.901. The maximum atomic E-state index is 13.4. The largest absolute Gasteiger partial charge is 0.480 e. The van der Waals surface area contributed by atoms with E-state index < -0.39 is 5.97 Å². The number of rotatable bonds is 5. The van der Waals surface area contributed by atoms with Gasteiger partial charge in [0.05, 0.1) is 11.1 Å². The average Bonchev–Trinajstić information content (AvgIpc) is 3.31. The third kappa shape index (κ3) is 3.87. The number of carboxylic acids is 1. The molecule has 0 radical (unpaired) electrons. The standard InChI is InChI=1S/C16H16FN7O2S/c17-11-2-1-3-12(8-11)22-4-6-23(7-5-22)16-18-9-13(27-16)15-19-21-24(20-15)10-14(25)26/h1-3,8-9H,4-7,10H2,(H,25,26). The third-order valence-corrected chi connectivity index (χ3v) is 5.22. The summed E-state index contributed by atoms with van der Waals surface area (Å²) >= 11 is 1.43. The highest BCUT2D eigenvalue weighted by Crippen LogP contribution is 2.30. The Morgan fingerprint density at radius 1 is 1.22 bits per heavy atom. The number of halogens is 1. The van der Waals surface area contributed by atoms with Crippen molar-refractivity contribution in [3.63, 3.8) is 0 Å². The molecule has 1 aliphatic rings. The second kappa shape index (κ2) is 7.27. The van der Waals surface area contributed by atoms with Crippen molar-refractivity contribution in [2.75, 3.05) is 36.0 Å². The molecule has 27 heavy (non-hydrogen) atoms. The van der Waals surface area contributed by atoms with Crippen molar-refractivity contribution in [1.82, 2.24) is 25.2 Å². The van der Waals surface area contributed by atoms with Gasteiger partial charge in [0.15, 0.2) is 11.7 Å². The maximum absolute atomic E-state index is 13.4. The molecule has 0 aliphatic carbocycles. The fourth-order valence-corrected chi connectivity index (χ4v) is 3.77. The highest BCUT2D eigenvalue weighted by Gasteiger charge is 2.21. The number of aromatic nitrogens is 5. The molecule has 11 heteroatoms. The van der Waals surface area contributed by atoms with E-state index in [0.29, 0.717) is 5.82 Å². The number of benzene rings is 1. The van der Waals surface area contributed by atoms with Gasteiger partial charge in [-0.1, -0.05) is 17.4 Å². The summed E-state index contributed by atoms with van der Waals surface area (Å²) in [5, 5.41) is 21.3. The Labute approximate surface area is 157 Å². The van der Waals surface area contributed by atoms with Crippen LogP contribution < -0.4 is 9.80 Å². The molecule has 0 unspecified atom stereocenters. The Hall–Kier alpha value is -3.08. The Kier molecular flexibility index (Phi) is 4.67. The minimum atomic E-state index is -1.03. The minimum absolute atomic E-state index is 0.233. The number of thiazole rings is 1. The second-order valence-electron chi connectivity index (χ2n) is 6.00. The summed E-state index contributed by atoms with van der Waals surface area (Å²) in [5.41, 5.74) is 0.883. The van der Waals surface area contributed by atoms with E-state index in [1.54, 1.807) is 18.3 Å². The van der Waals surface area contributed by atoms with E-state index in [-0.39, 0.29) is 12.4 Å². The van der Waals surface area contributed by atoms with Crippen molar-refractivity contribution >= 4 is 28.1 Å². The van der Waals surface area contributed by atoms with Gasteiger partial charge in [-0.15, -0.1) is 10.2 Å². The number of carbonyl (C=O) groups is 1.